The fourth-order valence-corrected chi connectivity index (χ4v) is 3.96. The highest BCUT2D eigenvalue weighted by Crippen LogP contribution is 2.50. The third-order valence-corrected chi connectivity index (χ3v) is 5.70. The fraction of sp³-hybridized carbons (Fsp3) is 0.450. The summed E-state index contributed by atoms with van der Waals surface area (Å²) in [6.45, 7) is 1.77. The summed E-state index contributed by atoms with van der Waals surface area (Å²) in [6, 6.07) is 4.22. The summed E-state index contributed by atoms with van der Waals surface area (Å²) in [6.07, 6.45) is 6.11. The molecular formula is C20H22ClFN4O. The second kappa shape index (κ2) is 7.17. The van der Waals surface area contributed by atoms with E-state index >= 15 is 0 Å². The van der Waals surface area contributed by atoms with E-state index in [0.29, 0.717) is 33.7 Å². The number of nitrogens with two attached hydrogens (primary N) is 1. The lowest BCUT2D eigenvalue weighted by Gasteiger charge is -2.22. The zero-order chi connectivity index (χ0) is 19.1. The van der Waals surface area contributed by atoms with Gasteiger partial charge in [-0.2, -0.15) is 4.39 Å². The SMILES string of the molecule is Cc1ncc(Cl)cc1-c1ccc(NC(=O)[C@@H](N)C(C2CC2)C2CC2)nc1F. The van der Waals surface area contributed by atoms with Crippen molar-refractivity contribution >= 4 is 23.3 Å². The van der Waals surface area contributed by atoms with Gasteiger partial charge in [0.05, 0.1) is 11.1 Å². The molecule has 0 spiro atoms. The highest BCUT2D eigenvalue weighted by Gasteiger charge is 2.46. The standard InChI is InChI=1S/C20H22ClFN4O/c1-10-15(8-13(21)9-24-10)14-6-7-16(25-19(14)22)26-20(27)18(23)17(11-2-3-11)12-4-5-12/h6-9,11-12,17-18H,2-5,23H2,1H3,(H,25,26,27)/t18-/m0/s1. The van der Waals surface area contributed by atoms with Crippen molar-refractivity contribution in [3.05, 3.63) is 41.1 Å². The summed E-state index contributed by atoms with van der Waals surface area (Å²) < 4.78 is 14.6. The first-order valence-corrected chi connectivity index (χ1v) is 9.67. The predicted molar refractivity (Wildman–Crippen MR) is 103 cm³/mol. The lowest BCUT2D eigenvalue weighted by molar-refractivity contribution is -0.118. The number of hydrogen-bond donors (Lipinski definition) is 2. The van der Waals surface area contributed by atoms with Gasteiger partial charge < -0.3 is 11.1 Å². The molecule has 2 fully saturated rings. The van der Waals surface area contributed by atoms with Crippen LogP contribution in [0.2, 0.25) is 5.02 Å². The molecule has 0 bridgehead atoms. The Labute approximate surface area is 162 Å². The van der Waals surface area contributed by atoms with Crippen LogP contribution in [0.5, 0.6) is 0 Å². The molecule has 2 aliphatic carbocycles. The van der Waals surface area contributed by atoms with Gasteiger partial charge in [-0.15, -0.1) is 0 Å². The Kier molecular flexibility index (Phi) is 4.86. The number of carbonyl (C=O) groups excluding carboxylic acids is 1. The topological polar surface area (TPSA) is 80.9 Å². The molecule has 7 heteroatoms. The van der Waals surface area contributed by atoms with Crippen molar-refractivity contribution in [3.63, 3.8) is 0 Å². The van der Waals surface area contributed by atoms with E-state index in [2.05, 4.69) is 15.3 Å². The van der Waals surface area contributed by atoms with Crippen molar-refractivity contribution in [2.24, 2.45) is 23.5 Å². The lowest BCUT2D eigenvalue weighted by atomic mass is 9.89. The molecule has 0 radical (unpaired) electrons. The van der Waals surface area contributed by atoms with Crippen molar-refractivity contribution in [1.29, 1.82) is 0 Å². The Balaban J connectivity index is 1.50. The number of nitrogens with one attached hydrogen (secondary N) is 1. The van der Waals surface area contributed by atoms with Crippen molar-refractivity contribution in [1.82, 2.24) is 9.97 Å². The second-order valence-electron chi connectivity index (χ2n) is 7.59. The van der Waals surface area contributed by atoms with E-state index in [1.807, 2.05) is 0 Å². The van der Waals surface area contributed by atoms with Gasteiger partial charge in [-0.1, -0.05) is 11.6 Å². The summed E-state index contributed by atoms with van der Waals surface area (Å²) >= 11 is 5.97. The van der Waals surface area contributed by atoms with Gasteiger partial charge in [0.25, 0.3) is 0 Å². The first-order chi connectivity index (χ1) is 12.9. The number of nitrogens with zero attached hydrogens (tertiary/aromatic N) is 2. The molecule has 1 atom stereocenters. The van der Waals surface area contributed by atoms with Gasteiger partial charge in [-0.05, 0) is 68.6 Å². The molecule has 27 heavy (non-hydrogen) atoms. The molecule has 2 aromatic rings. The second-order valence-corrected chi connectivity index (χ2v) is 8.03. The van der Waals surface area contributed by atoms with Crippen molar-refractivity contribution in [2.75, 3.05) is 5.32 Å². The summed E-state index contributed by atoms with van der Waals surface area (Å²) in [5.41, 5.74) is 7.74. The maximum absolute atomic E-state index is 14.6. The minimum Gasteiger partial charge on any atom is -0.320 e. The predicted octanol–water partition coefficient (Wildman–Crippen LogP) is 3.95. The molecule has 3 N–H and O–H groups in total. The molecular weight excluding hydrogens is 367 g/mol. The largest absolute Gasteiger partial charge is 0.320 e. The normalized spacial score (nSPS) is 17.8. The number of rotatable bonds is 6. The highest BCUT2D eigenvalue weighted by atomic mass is 35.5. The summed E-state index contributed by atoms with van der Waals surface area (Å²) in [5, 5.41) is 3.10. The third-order valence-electron chi connectivity index (χ3n) is 5.49. The number of carbonyl (C=O) groups is 1. The number of halogens is 2. The zero-order valence-corrected chi connectivity index (χ0v) is 15.8. The van der Waals surface area contributed by atoms with Crippen molar-refractivity contribution in [3.8, 4) is 11.1 Å². The molecule has 4 rings (SSSR count). The molecule has 1 amide bonds. The first-order valence-electron chi connectivity index (χ1n) is 9.29. The highest BCUT2D eigenvalue weighted by molar-refractivity contribution is 6.30. The minimum atomic E-state index is -0.686. The van der Waals surface area contributed by atoms with Crippen LogP contribution in [0, 0.1) is 30.6 Å². The summed E-state index contributed by atoms with van der Waals surface area (Å²) in [5.74, 6) is 0.532. The molecule has 2 aromatic heterocycles. The van der Waals surface area contributed by atoms with Crippen LogP contribution in [0.3, 0.4) is 0 Å². The molecule has 2 saturated carbocycles. The average molecular weight is 389 g/mol. The van der Waals surface area contributed by atoms with E-state index in [4.69, 9.17) is 17.3 Å². The quantitative estimate of drug-likeness (QED) is 0.734. The molecule has 0 unspecified atom stereocenters. The van der Waals surface area contributed by atoms with Gasteiger partial charge in [-0.25, -0.2) is 4.98 Å². The van der Waals surface area contributed by atoms with Gasteiger partial charge in [0.2, 0.25) is 11.9 Å². The molecule has 5 nitrogen and oxygen atoms in total. The van der Waals surface area contributed by atoms with E-state index < -0.39 is 12.0 Å². The van der Waals surface area contributed by atoms with E-state index in [-0.39, 0.29) is 17.6 Å². The minimum absolute atomic E-state index is 0.162. The van der Waals surface area contributed by atoms with Crippen molar-refractivity contribution in [2.45, 2.75) is 38.6 Å². The van der Waals surface area contributed by atoms with Gasteiger partial charge >= 0.3 is 0 Å². The molecule has 2 heterocycles. The molecule has 0 aromatic carbocycles. The molecule has 0 aliphatic heterocycles. The van der Waals surface area contributed by atoms with E-state index in [0.717, 1.165) is 25.7 Å². The van der Waals surface area contributed by atoms with Gasteiger partial charge in [0, 0.05) is 23.0 Å². The fourth-order valence-electron chi connectivity index (χ4n) is 3.80. The monoisotopic (exact) mass is 388 g/mol. The van der Waals surface area contributed by atoms with E-state index in [9.17, 15) is 9.18 Å². The van der Waals surface area contributed by atoms with Crippen LogP contribution in [0.1, 0.15) is 31.4 Å². The average Bonchev–Trinajstić information content (AvgIpc) is 3.52. The third kappa shape index (κ3) is 3.96. The Morgan fingerprint density at radius 3 is 2.52 bits per heavy atom. The van der Waals surface area contributed by atoms with Crippen LogP contribution in [-0.4, -0.2) is 21.9 Å². The van der Waals surface area contributed by atoms with Crippen molar-refractivity contribution < 1.29 is 9.18 Å². The van der Waals surface area contributed by atoms with Crippen LogP contribution in [0.25, 0.3) is 11.1 Å². The maximum Gasteiger partial charge on any atom is 0.242 e. The molecule has 0 saturated heterocycles. The van der Waals surface area contributed by atoms with E-state index in [1.165, 1.54) is 6.20 Å². The Hall–Kier alpha value is -2.05. The Morgan fingerprint density at radius 1 is 1.26 bits per heavy atom. The number of aryl methyl sites for hydroxylation is 1. The summed E-state index contributed by atoms with van der Waals surface area (Å²) in [7, 11) is 0. The zero-order valence-electron chi connectivity index (χ0n) is 15.1. The maximum atomic E-state index is 14.6. The van der Waals surface area contributed by atoms with Gasteiger partial charge in [-0.3, -0.25) is 9.78 Å². The van der Waals surface area contributed by atoms with E-state index in [1.54, 1.807) is 25.1 Å². The number of aromatic nitrogens is 2. The lowest BCUT2D eigenvalue weighted by Crippen LogP contribution is -2.44. The number of pyridine rings is 2. The number of amides is 1. The molecule has 142 valence electrons. The van der Waals surface area contributed by atoms with Crippen LogP contribution in [-0.2, 0) is 4.79 Å². The van der Waals surface area contributed by atoms with Crippen LogP contribution in [0.15, 0.2) is 24.4 Å². The number of anilines is 1. The number of hydrogen-bond acceptors (Lipinski definition) is 4. The smallest absolute Gasteiger partial charge is 0.242 e. The molecule has 2 aliphatic rings. The van der Waals surface area contributed by atoms with Gasteiger partial charge in [0.1, 0.15) is 5.82 Å². The van der Waals surface area contributed by atoms with Crippen LogP contribution >= 0.6 is 11.6 Å². The van der Waals surface area contributed by atoms with Crippen LogP contribution < -0.4 is 11.1 Å². The van der Waals surface area contributed by atoms with Gasteiger partial charge in [0.15, 0.2) is 0 Å². The van der Waals surface area contributed by atoms with Crippen LogP contribution in [0.4, 0.5) is 10.2 Å². The first kappa shape index (κ1) is 18.3. The Morgan fingerprint density at radius 2 is 1.93 bits per heavy atom. The Bertz CT molecular complexity index is 870. The summed E-state index contributed by atoms with van der Waals surface area (Å²) in [4.78, 5) is 20.6.